The van der Waals surface area contributed by atoms with Gasteiger partial charge in [-0.3, -0.25) is 9.69 Å². The van der Waals surface area contributed by atoms with E-state index >= 15 is 0 Å². The Morgan fingerprint density at radius 2 is 2.08 bits per heavy atom. The third-order valence-corrected chi connectivity index (χ3v) is 4.85. The lowest BCUT2D eigenvalue weighted by Gasteiger charge is -2.28. The van der Waals surface area contributed by atoms with Gasteiger partial charge in [-0.05, 0) is 56.3 Å². The average Bonchev–Trinajstić information content (AvgIpc) is 3.20. The van der Waals surface area contributed by atoms with Crippen LogP contribution in [0, 0.1) is 5.82 Å². The van der Waals surface area contributed by atoms with Crippen molar-refractivity contribution < 1.29 is 9.18 Å². The Balaban J connectivity index is 1.73. The molecule has 1 amide bonds. The monoisotopic (exact) mass is 349 g/mol. The van der Waals surface area contributed by atoms with Crippen LogP contribution in [0.2, 0.25) is 5.02 Å². The molecule has 2 heterocycles. The Hall–Kier alpha value is -1.85. The summed E-state index contributed by atoms with van der Waals surface area (Å²) in [6, 6.07) is 8.04. The second kappa shape index (κ2) is 7.36. The molecule has 0 unspecified atom stereocenters. The minimum atomic E-state index is -0.449. The number of rotatable bonds is 5. The van der Waals surface area contributed by atoms with Crippen LogP contribution >= 0.6 is 11.6 Å². The van der Waals surface area contributed by atoms with Gasteiger partial charge in [0.2, 0.25) is 0 Å². The molecule has 3 rings (SSSR count). The molecule has 2 aromatic rings. The van der Waals surface area contributed by atoms with Crippen LogP contribution in [0.25, 0.3) is 0 Å². The first-order valence-corrected chi connectivity index (χ1v) is 8.52. The van der Waals surface area contributed by atoms with Crippen molar-refractivity contribution in [3.05, 3.63) is 58.6 Å². The van der Waals surface area contributed by atoms with Crippen LogP contribution in [0.1, 0.15) is 34.9 Å². The lowest BCUT2D eigenvalue weighted by atomic mass is 10.1. The van der Waals surface area contributed by atoms with E-state index in [1.807, 2.05) is 19.3 Å². The molecule has 1 atom stereocenters. The van der Waals surface area contributed by atoms with E-state index in [0.717, 1.165) is 19.2 Å². The van der Waals surface area contributed by atoms with Crippen LogP contribution in [0.4, 0.5) is 4.39 Å². The number of nitrogens with one attached hydrogen (secondary N) is 1. The van der Waals surface area contributed by atoms with E-state index < -0.39 is 5.82 Å². The molecule has 1 N–H and O–H groups in total. The number of carbonyl (C=O) groups is 1. The van der Waals surface area contributed by atoms with Crippen LogP contribution in [-0.2, 0) is 7.05 Å². The van der Waals surface area contributed by atoms with Gasteiger partial charge in [-0.25, -0.2) is 4.39 Å². The maximum atomic E-state index is 13.1. The Morgan fingerprint density at radius 1 is 1.33 bits per heavy atom. The number of likely N-dealkylation sites (tertiary alicyclic amines) is 1. The molecular formula is C18H21ClFN3O. The quantitative estimate of drug-likeness (QED) is 0.898. The van der Waals surface area contributed by atoms with Gasteiger partial charge >= 0.3 is 0 Å². The summed E-state index contributed by atoms with van der Waals surface area (Å²) in [5, 5.41) is 3.08. The minimum absolute atomic E-state index is 0.121. The van der Waals surface area contributed by atoms with Crippen molar-refractivity contribution in [2.45, 2.75) is 18.9 Å². The number of nitrogens with zero attached hydrogens (tertiary/aromatic N) is 2. The minimum Gasteiger partial charge on any atom is -0.353 e. The molecule has 1 aliphatic rings. The van der Waals surface area contributed by atoms with Crippen molar-refractivity contribution in [2.24, 2.45) is 7.05 Å². The highest BCUT2D eigenvalue weighted by atomic mass is 35.5. The van der Waals surface area contributed by atoms with Gasteiger partial charge < -0.3 is 9.88 Å². The van der Waals surface area contributed by atoms with E-state index in [4.69, 9.17) is 11.6 Å². The number of hydrogen-bond donors (Lipinski definition) is 1. The number of carbonyl (C=O) groups excluding carboxylic acids is 1. The molecule has 1 aromatic carbocycles. The Morgan fingerprint density at radius 3 is 2.71 bits per heavy atom. The molecule has 0 saturated carbocycles. The molecule has 0 radical (unpaired) electrons. The lowest BCUT2D eigenvalue weighted by molar-refractivity contribution is 0.0937. The Kier molecular flexibility index (Phi) is 5.21. The molecule has 24 heavy (non-hydrogen) atoms. The zero-order valence-electron chi connectivity index (χ0n) is 13.6. The van der Waals surface area contributed by atoms with E-state index in [0.29, 0.717) is 12.1 Å². The summed E-state index contributed by atoms with van der Waals surface area (Å²) in [5.41, 5.74) is 1.47. The molecule has 0 spiro atoms. The molecule has 1 saturated heterocycles. The average molecular weight is 350 g/mol. The molecule has 0 bridgehead atoms. The van der Waals surface area contributed by atoms with Gasteiger partial charge in [0.25, 0.3) is 5.91 Å². The fourth-order valence-corrected chi connectivity index (χ4v) is 3.51. The number of amides is 1. The summed E-state index contributed by atoms with van der Waals surface area (Å²) >= 11 is 5.98. The highest BCUT2D eigenvalue weighted by Crippen LogP contribution is 2.25. The van der Waals surface area contributed by atoms with E-state index in [9.17, 15) is 9.18 Å². The van der Waals surface area contributed by atoms with Gasteiger partial charge in [-0.1, -0.05) is 11.6 Å². The van der Waals surface area contributed by atoms with Gasteiger partial charge in [-0.15, -0.1) is 0 Å². The first kappa shape index (κ1) is 17.0. The predicted octanol–water partition coefficient (Wildman–Crippen LogP) is 3.38. The lowest BCUT2D eigenvalue weighted by Crippen LogP contribution is -2.37. The normalized spacial score (nSPS) is 16.3. The number of aryl methyl sites for hydroxylation is 1. The van der Waals surface area contributed by atoms with Crippen LogP contribution in [-0.4, -0.2) is 35.0 Å². The zero-order valence-corrected chi connectivity index (χ0v) is 14.4. The van der Waals surface area contributed by atoms with Crippen LogP contribution in [0.15, 0.2) is 36.5 Å². The number of aromatic nitrogens is 1. The molecule has 128 valence electrons. The second-order valence-corrected chi connectivity index (χ2v) is 6.54. The number of benzene rings is 1. The summed E-state index contributed by atoms with van der Waals surface area (Å²) in [7, 11) is 2.01. The molecule has 0 aliphatic carbocycles. The number of hydrogen-bond acceptors (Lipinski definition) is 2. The van der Waals surface area contributed by atoms with Gasteiger partial charge in [0.05, 0.1) is 16.6 Å². The van der Waals surface area contributed by atoms with Crippen LogP contribution < -0.4 is 5.32 Å². The molecule has 1 aromatic heterocycles. The van der Waals surface area contributed by atoms with Gasteiger partial charge in [0.15, 0.2) is 0 Å². The largest absolute Gasteiger partial charge is 0.353 e. The highest BCUT2D eigenvalue weighted by molar-refractivity contribution is 6.33. The van der Waals surface area contributed by atoms with E-state index in [2.05, 4.69) is 20.9 Å². The van der Waals surface area contributed by atoms with Crippen molar-refractivity contribution in [1.29, 1.82) is 0 Å². The van der Waals surface area contributed by atoms with E-state index in [1.165, 1.54) is 30.7 Å². The highest BCUT2D eigenvalue weighted by Gasteiger charge is 2.26. The van der Waals surface area contributed by atoms with Crippen LogP contribution in [0.5, 0.6) is 0 Å². The third-order valence-electron chi connectivity index (χ3n) is 4.54. The zero-order chi connectivity index (χ0) is 17.1. The fourth-order valence-electron chi connectivity index (χ4n) is 3.25. The van der Waals surface area contributed by atoms with Crippen molar-refractivity contribution in [1.82, 2.24) is 14.8 Å². The van der Waals surface area contributed by atoms with Crippen molar-refractivity contribution in [3.63, 3.8) is 0 Å². The maximum absolute atomic E-state index is 13.1. The van der Waals surface area contributed by atoms with Crippen molar-refractivity contribution >= 4 is 17.5 Å². The van der Waals surface area contributed by atoms with Gasteiger partial charge in [0.1, 0.15) is 5.82 Å². The smallest absolute Gasteiger partial charge is 0.252 e. The van der Waals surface area contributed by atoms with Crippen LogP contribution in [0.3, 0.4) is 0 Å². The fraction of sp³-hybridized carbons (Fsp3) is 0.389. The molecule has 4 nitrogen and oxygen atoms in total. The summed E-state index contributed by atoms with van der Waals surface area (Å²) in [4.78, 5) is 14.8. The standard InChI is InChI=1S/C18H21ClFN3O/c1-22-8-4-5-16(22)17(23-9-2-3-10-23)12-21-18(24)14-7-6-13(20)11-15(14)19/h4-8,11,17H,2-3,9-10,12H2,1H3,(H,21,24)/t17-/m1/s1. The van der Waals surface area contributed by atoms with Gasteiger partial charge in [-0.2, -0.15) is 0 Å². The summed E-state index contributed by atoms with van der Waals surface area (Å²) in [6.07, 6.45) is 4.37. The molecular weight excluding hydrogens is 329 g/mol. The Bertz CT molecular complexity index is 725. The topological polar surface area (TPSA) is 37.3 Å². The SMILES string of the molecule is Cn1cccc1[C@@H](CNC(=O)c1ccc(F)cc1Cl)N1CCCC1. The first-order chi connectivity index (χ1) is 11.6. The Labute approximate surface area is 146 Å². The van der Waals surface area contributed by atoms with Crippen molar-refractivity contribution in [2.75, 3.05) is 19.6 Å². The number of halogens is 2. The molecule has 6 heteroatoms. The first-order valence-electron chi connectivity index (χ1n) is 8.15. The predicted molar refractivity (Wildman–Crippen MR) is 92.7 cm³/mol. The van der Waals surface area contributed by atoms with Gasteiger partial charge in [0, 0.05) is 25.5 Å². The van der Waals surface area contributed by atoms with E-state index in [-0.39, 0.29) is 17.0 Å². The summed E-state index contributed by atoms with van der Waals surface area (Å²) in [5.74, 6) is -0.728. The summed E-state index contributed by atoms with van der Waals surface area (Å²) < 4.78 is 15.2. The summed E-state index contributed by atoms with van der Waals surface area (Å²) in [6.45, 7) is 2.55. The molecule has 1 aliphatic heterocycles. The third kappa shape index (κ3) is 3.62. The van der Waals surface area contributed by atoms with E-state index in [1.54, 1.807) is 0 Å². The second-order valence-electron chi connectivity index (χ2n) is 6.14. The maximum Gasteiger partial charge on any atom is 0.252 e. The van der Waals surface area contributed by atoms with Crippen molar-refractivity contribution in [3.8, 4) is 0 Å². The molecule has 1 fully saturated rings.